The van der Waals surface area contributed by atoms with E-state index in [2.05, 4.69) is 268 Å². The van der Waals surface area contributed by atoms with Gasteiger partial charge in [0, 0.05) is 32.7 Å². The molecule has 0 saturated heterocycles. The van der Waals surface area contributed by atoms with Gasteiger partial charge < -0.3 is 0 Å². The molecule has 0 spiro atoms. The molecule has 0 atom stereocenters. The highest BCUT2D eigenvalue weighted by Crippen LogP contribution is 2.42. The van der Waals surface area contributed by atoms with Crippen molar-refractivity contribution in [3.63, 3.8) is 0 Å². The fraction of sp³-hybridized carbons (Fsp3) is 0.577. The number of aromatic nitrogens is 2. The summed E-state index contributed by atoms with van der Waals surface area (Å²) in [6.45, 7) is 47.1. The van der Waals surface area contributed by atoms with Gasteiger partial charge in [-0.15, -0.1) is 11.1 Å². The van der Waals surface area contributed by atoms with Crippen LogP contribution in [0.15, 0.2) is 60.3 Å². The predicted molar refractivity (Wildman–Crippen MR) is 312 cm³/mol. The van der Waals surface area contributed by atoms with E-state index in [4.69, 9.17) is 4.98 Å². The monoisotopic (exact) mass is 1230 g/mol. The average molecular weight is 1230 g/mol. The minimum absolute atomic E-state index is 0.632. The lowest BCUT2D eigenvalue weighted by Crippen LogP contribution is -2.43. The lowest BCUT2D eigenvalue weighted by molar-refractivity contribution is 0.838. The Morgan fingerprint density at radius 2 is 0.967 bits per heavy atom. The topological polar surface area (TPSA) is 25.8 Å². The maximum atomic E-state index is 4.72. The Kier molecular flexibility index (Phi) is 25.2. The summed E-state index contributed by atoms with van der Waals surface area (Å²) in [6, 6.07) is 8.38. The lowest BCUT2D eigenvalue weighted by atomic mass is 10.1. The van der Waals surface area contributed by atoms with Crippen LogP contribution in [-0.2, 0) is 0 Å². The molecule has 0 N–H and O–H groups in total. The van der Waals surface area contributed by atoms with Crippen LogP contribution in [0.4, 0.5) is 0 Å². The van der Waals surface area contributed by atoms with Gasteiger partial charge >= 0.3 is 0 Å². The number of pyridine rings is 2. The van der Waals surface area contributed by atoms with E-state index in [1.165, 1.54) is 29.9 Å². The minimum atomic E-state index is -1.73. The molecule has 2 aromatic rings. The largest absolute Gasteiger partial charge is 0.247 e. The van der Waals surface area contributed by atoms with E-state index >= 15 is 0 Å². The van der Waals surface area contributed by atoms with E-state index in [0.29, 0.717) is 33.2 Å². The van der Waals surface area contributed by atoms with Crippen LogP contribution in [0.1, 0.15) is 145 Å². The van der Waals surface area contributed by atoms with E-state index < -0.39 is 32.3 Å². The molecule has 0 aromatic carbocycles. The van der Waals surface area contributed by atoms with Crippen LogP contribution in [0.25, 0.3) is 3.58 Å². The molecule has 0 unspecified atom stereocenters. The van der Waals surface area contributed by atoms with Crippen molar-refractivity contribution in [2.24, 2.45) is 0 Å². The van der Waals surface area contributed by atoms with Crippen molar-refractivity contribution in [3.8, 4) is 34.8 Å². The van der Waals surface area contributed by atoms with Crippen molar-refractivity contribution in [1.29, 1.82) is 0 Å². The van der Waals surface area contributed by atoms with Gasteiger partial charge in [-0.05, 0) is 111 Å². The van der Waals surface area contributed by atoms with Crippen molar-refractivity contribution in [1.82, 2.24) is 9.97 Å². The third-order valence-electron chi connectivity index (χ3n) is 11.9. The molecule has 0 amide bonds. The van der Waals surface area contributed by atoms with Crippen molar-refractivity contribution in [3.05, 3.63) is 82.8 Å². The van der Waals surface area contributed by atoms with E-state index in [0.717, 1.165) is 36.2 Å². The smallest absolute Gasteiger partial charge is 0.146 e. The van der Waals surface area contributed by atoms with Crippen LogP contribution in [0, 0.1) is 34.8 Å². The molecule has 2 nitrogen and oxygen atoms in total. The molecule has 61 heavy (non-hydrogen) atoms. The summed E-state index contributed by atoms with van der Waals surface area (Å²) >= 11 is 7.58. The van der Waals surface area contributed by atoms with Crippen LogP contribution < -0.4 is 0 Å². The quantitative estimate of drug-likeness (QED) is 0.0815. The second kappa shape index (κ2) is 26.4. The molecule has 9 heteroatoms. The number of halogens is 3. The Morgan fingerprint density at radius 1 is 0.557 bits per heavy atom. The first-order chi connectivity index (χ1) is 28.1. The zero-order valence-corrected chi connectivity index (χ0v) is 52.3. The lowest BCUT2D eigenvalue weighted by Gasteiger charge is -2.38. The first-order valence-corrected chi connectivity index (χ1v) is 37.5. The summed E-state index contributed by atoms with van der Waals surface area (Å²) in [5.41, 5.74) is 18.1. The standard InChI is InChI=1S/C26H41I2NSi2.C26H40INSi2/c1-11-12-22(26(28)30(8,9)10)17-25(27)23-13-14-24(29-18-23)15-16-31(19(2)3,20(4)5)21(6)7;1-11-12-24(26(27)29(8,9)10)15-13-23-14-16-25(28-19-23)17-18-30(20(2)3,21(4)5)22(6)7/h13-14,17-21H,11-12H2,1-10H3;14,16,19-22H,11-12H2,1-10H3/b25-17-,26-22+;26-24+. The number of hydrogen-bond acceptors (Lipinski definition) is 2. The first-order valence-electron chi connectivity index (χ1n) is 22.8. The Hall–Kier alpha value is -0.742. The molecular formula is C52H81I3N2Si4. The van der Waals surface area contributed by atoms with Gasteiger partial charge in [-0.2, -0.15) is 0 Å². The van der Waals surface area contributed by atoms with Crippen molar-refractivity contribution < 1.29 is 0 Å². The highest BCUT2D eigenvalue weighted by Gasteiger charge is 2.42. The van der Waals surface area contributed by atoms with Gasteiger partial charge in [0.05, 0.1) is 16.1 Å². The Labute approximate surface area is 421 Å². The second-order valence-electron chi connectivity index (χ2n) is 20.5. The van der Waals surface area contributed by atoms with E-state index in [-0.39, 0.29) is 0 Å². The van der Waals surface area contributed by atoms with Gasteiger partial charge in [-0.3, -0.25) is 0 Å². The summed E-state index contributed by atoms with van der Waals surface area (Å²) in [5, 5.41) is 0. The normalized spacial score (nSPS) is 13.6. The Bertz CT molecular complexity index is 1950. The first kappa shape index (κ1) is 58.3. The third-order valence-corrected chi connectivity index (χ3v) is 39.7. The van der Waals surface area contributed by atoms with Crippen molar-refractivity contribution >= 4 is 104 Å². The van der Waals surface area contributed by atoms with Gasteiger partial charge in [0.2, 0.25) is 0 Å². The molecule has 0 radical (unpaired) electrons. The van der Waals surface area contributed by atoms with Crippen molar-refractivity contribution in [2.45, 2.75) is 195 Å². The molecule has 0 saturated carbocycles. The Balaban J connectivity index is 0.000000610. The SMILES string of the molecule is CCC/C(C#Cc1ccc(C#C[Si](C(C)C)(C(C)C)C(C)C)nc1)=C(/I)[Si](C)(C)C.CCCC(/C=C(\I)c1ccc(C#C[Si](C(C)C)(C(C)C)C(C)C)nc1)=C(/I)[Si](C)(C)C. The van der Waals surface area contributed by atoms with Gasteiger partial charge in [-0.25, -0.2) is 9.97 Å². The Morgan fingerprint density at radius 3 is 1.30 bits per heavy atom. The zero-order valence-electron chi connectivity index (χ0n) is 41.9. The highest BCUT2D eigenvalue weighted by atomic mass is 127. The van der Waals surface area contributed by atoms with Gasteiger partial charge in [0.15, 0.2) is 0 Å². The van der Waals surface area contributed by atoms with Gasteiger partial charge in [-0.1, -0.05) is 218 Å². The highest BCUT2D eigenvalue weighted by molar-refractivity contribution is 14.1. The van der Waals surface area contributed by atoms with Gasteiger partial charge in [0.25, 0.3) is 0 Å². The van der Waals surface area contributed by atoms with Crippen LogP contribution in [0.3, 0.4) is 0 Å². The summed E-state index contributed by atoms with van der Waals surface area (Å²) < 4.78 is 4.33. The third kappa shape index (κ3) is 17.2. The maximum Gasteiger partial charge on any atom is 0.146 e. The van der Waals surface area contributed by atoms with Crippen LogP contribution in [0.2, 0.25) is 72.5 Å². The summed E-state index contributed by atoms with van der Waals surface area (Å²) in [4.78, 5) is 9.34. The van der Waals surface area contributed by atoms with Crippen LogP contribution >= 0.6 is 67.8 Å². The zero-order chi connectivity index (χ0) is 47.1. The molecule has 2 heterocycles. The average Bonchev–Trinajstić information content (AvgIpc) is 3.15. The molecule has 2 rings (SSSR count). The molecule has 336 valence electrons. The fourth-order valence-electron chi connectivity index (χ4n) is 8.67. The van der Waals surface area contributed by atoms with Gasteiger partial charge in [0.1, 0.15) is 27.5 Å². The van der Waals surface area contributed by atoms with Crippen molar-refractivity contribution in [2.75, 3.05) is 0 Å². The number of nitrogens with zero attached hydrogens (tertiary/aromatic N) is 2. The number of rotatable bonds is 14. The molecule has 0 aliphatic carbocycles. The number of hydrogen-bond donors (Lipinski definition) is 0. The fourth-order valence-corrected chi connectivity index (χ4v) is 22.9. The van der Waals surface area contributed by atoms with E-state index in [1.54, 1.807) is 3.20 Å². The summed E-state index contributed by atoms with van der Waals surface area (Å²) in [6.07, 6.45) is 10.7. The molecular weight excluding hydrogens is 1150 g/mol. The van der Waals surface area contributed by atoms with E-state index in [1.807, 2.05) is 18.5 Å². The predicted octanol–water partition coefficient (Wildman–Crippen LogP) is 18.2. The summed E-state index contributed by atoms with van der Waals surface area (Å²) in [7, 11) is -6.09. The summed E-state index contributed by atoms with van der Waals surface area (Å²) in [5.74, 6) is 13.7. The maximum absolute atomic E-state index is 4.72. The van der Waals surface area contributed by atoms with Crippen LogP contribution in [-0.4, -0.2) is 42.3 Å². The molecule has 2 aromatic heterocycles. The molecule has 0 bridgehead atoms. The molecule has 0 aliphatic heterocycles. The van der Waals surface area contributed by atoms with Crippen LogP contribution in [0.5, 0.6) is 0 Å². The molecule has 0 fully saturated rings. The van der Waals surface area contributed by atoms with E-state index in [9.17, 15) is 0 Å². The second-order valence-corrected chi connectivity index (χ2v) is 47.0. The molecule has 0 aliphatic rings. The number of allylic oxidation sites excluding steroid dienone is 3. The minimum Gasteiger partial charge on any atom is -0.247 e.